The van der Waals surface area contributed by atoms with E-state index in [1.165, 1.54) is 0 Å². The van der Waals surface area contributed by atoms with Gasteiger partial charge in [-0.05, 0) is 25.0 Å². The Morgan fingerprint density at radius 3 is 2.72 bits per heavy atom. The van der Waals surface area contributed by atoms with Crippen LogP contribution in [0.4, 0.5) is 0 Å². The van der Waals surface area contributed by atoms with Gasteiger partial charge in [-0.1, -0.05) is 18.2 Å². The molecule has 1 aromatic carbocycles. The second-order valence-electron chi connectivity index (χ2n) is 7.62. The van der Waals surface area contributed by atoms with E-state index in [1.54, 1.807) is 0 Å². The Morgan fingerprint density at radius 2 is 2.00 bits per heavy atom. The lowest BCUT2D eigenvalue weighted by atomic mass is 10.1. The molecular formula is C22H36N4O3. The van der Waals surface area contributed by atoms with E-state index in [1.807, 2.05) is 37.4 Å². The molecule has 0 spiro atoms. The maximum Gasteiger partial charge on any atom is 0.193 e. The van der Waals surface area contributed by atoms with Crippen molar-refractivity contribution in [1.29, 1.82) is 0 Å². The summed E-state index contributed by atoms with van der Waals surface area (Å²) in [7, 11) is 1.86. The van der Waals surface area contributed by atoms with E-state index in [-0.39, 0.29) is 0 Å². The molecule has 0 aliphatic carbocycles. The predicted molar refractivity (Wildman–Crippen MR) is 116 cm³/mol. The largest absolute Gasteiger partial charge is 0.492 e. The molecule has 1 unspecified atom stereocenters. The molecule has 1 atom stereocenters. The van der Waals surface area contributed by atoms with E-state index >= 15 is 0 Å². The molecule has 0 saturated carbocycles. The minimum atomic E-state index is 0.588. The van der Waals surface area contributed by atoms with Crippen molar-refractivity contribution in [2.45, 2.75) is 12.8 Å². The Bertz CT molecular complexity index is 585. The number of rotatable bonds is 10. The first-order valence-electron chi connectivity index (χ1n) is 10.9. The molecule has 2 heterocycles. The van der Waals surface area contributed by atoms with Crippen LogP contribution in [0.3, 0.4) is 0 Å². The second kappa shape index (κ2) is 12.7. The standard InChI is InChI=1S/C22H36N4O3/c1-23-22(24-9-5-15-27-18-20-8-16-28-19-20)26-12-10-25(11-13-26)14-17-29-21-6-3-2-4-7-21/h2-4,6-7,20H,5,8-19H2,1H3,(H,23,24). The fourth-order valence-electron chi connectivity index (χ4n) is 3.66. The average molecular weight is 405 g/mol. The van der Waals surface area contributed by atoms with E-state index < -0.39 is 0 Å². The minimum Gasteiger partial charge on any atom is -0.492 e. The first-order valence-corrected chi connectivity index (χ1v) is 10.9. The number of aliphatic imine (C=N–C) groups is 1. The number of piperazine rings is 1. The third-order valence-corrected chi connectivity index (χ3v) is 5.43. The summed E-state index contributed by atoms with van der Waals surface area (Å²) in [4.78, 5) is 9.24. The minimum absolute atomic E-state index is 0.588. The molecule has 7 nitrogen and oxygen atoms in total. The molecule has 0 amide bonds. The van der Waals surface area contributed by atoms with E-state index in [0.717, 1.165) is 96.9 Å². The van der Waals surface area contributed by atoms with Gasteiger partial charge in [0.2, 0.25) is 0 Å². The van der Waals surface area contributed by atoms with Crippen LogP contribution in [0.2, 0.25) is 0 Å². The van der Waals surface area contributed by atoms with E-state index in [4.69, 9.17) is 14.2 Å². The molecular weight excluding hydrogens is 368 g/mol. The van der Waals surface area contributed by atoms with Gasteiger partial charge in [0.15, 0.2) is 5.96 Å². The van der Waals surface area contributed by atoms with Crippen LogP contribution < -0.4 is 10.1 Å². The first-order chi connectivity index (χ1) is 14.3. The van der Waals surface area contributed by atoms with Crippen molar-refractivity contribution >= 4 is 5.96 Å². The maximum atomic E-state index is 5.81. The maximum absolute atomic E-state index is 5.81. The highest BCUT2D eigenvalue weighted by atomic mass is 16.5. The Hall–Kier alpha value is -1.83. The first kappa shape index (κ1) is 21.9. The van der Waals surface area contributed by atoms with Crippen LogP contribution in [0.15, 0.2) is 35.3 Å². The van der Waals surface area contributed by atoms with Crippen LogP contribution in [0, 0.1) is 5.92 Å². The smallest absolute Gasteiger partial charge is 0.193 e. The SMILES string of the molecule is CN=C(NCCCOCC1CCOC1)N1CCN(CCOc2ccccc2)CC1. The van der Waals surface area contributed by atoms with E-state index in [0.29, 0.717) is 5.92 Å². The summed E-state index contributed by atoms with van der Waals surface area (Å²) in [5.74, 6) is 2.52. The van der Waals surface area contributed by atoms with Gasteiger partial charge in [-0.3, -0.25) is 9.89 Å². The van der Waals surface area contributed by atoms with Crippen LogP contribution in [-0.2, 0) is 9.47 Å². The summed E-state index contributed by atoms with van der Waals surface area (Å²) in [5, 5.41) is 3.48. The molecule has 162 valence electrons. The van der Waals surface area contributed by atoms with Crippen molar-refractivity contribution in [3.63, 3.8) is 0 Å². The van der Waals surface area contributed by atoms with Crippen LogP contribution in [0.25, 0.3) is 0 Å². The van der Waals surface area contributed by atoms with E-state index in [9.17, 15) is 0 Å². The quantitative estimate of drug-likeness (QED) is 0.364. The molecule has 2 aliphatic heterocycles. The molecule has 1 N–H and O–H groups in total. The molecule has 29 heavy (non-hydrogen) atoms. The fourth-order valence-corrected chi connectivity index (χ4v) is 3.66. The van der Waals surface area contributed by atoms with Gasteiger partial charge in [-0.25, -0.2) is 0 Å². The van der Waals surface area contributed by atoms with Gasteiger partial charge in [-0.2, -0.15) is 0 Å². The van der Waals surface area contributed by atoms with Crippen molar-refractivity contribution in [2.75, 3.05) is 79.4 Å². The molecule has 2 aliphatic rings. The van der Waals surface area contributed by atoms with Crippen molar-refractivity contribution in [1.82, 2.24) is 15.1 Å². The molecule has 1 aromatic rings. The lowest BCUT2D eigenvalue weighted by Crippen LogP contribution is -2.53. The Kier molecular flexibility index (Phi) is 9.56. The van der Waals surface area contributed by atoms with Crippen molar-refractivity contribution in [3.05, 3.63) is 30.3 Å². The molecule has 2 saturated heterocycles. The lowest BCUT2D eigenvalue weighted by molar-refractivity contribution is 0.0886. The summed E-state index contributed by atoms with van der Waals surface area (Å²) in [6.07, 6.45) is 2.12. The number of nitrogens with zero attached hydrogens (tertiary/aromatic N) is 3. The molecule has 0 radical (unpaired) electrons. The summed E-state index contributed by atoms with van der Waals surface area (Å²) < 4.78 is 17.0. The summed E-state index contributed by atoms with van der Waals surface area (Å²) in [6.45, 7) is 9.97. The number of para-hydroxylation sites is 1. The Morgan fingerprint density at radius 1 is 1.17 bits per heavy atom. The van der Waals surface area contributed by atoms with Crippen LogP contribution >= 0.6 is 0 Å². The Balaban J connectivity index is 1.23. The van der Waals surface area contributed by atoms with Crippen molar-refractivity contribution in [3.8, 4) is 5.75 Å². The lowest BCUT2D eigenvalue weighted by Gasteiger charge is -2.36. The van der Waals surface area contributed by atoms with Crippen LogP contribution in [-0.4, -0.2) is 95.1 Å². The van der Waals surface area contributed by atoms with E-state index in [2.05, 4.69) is 20.1 Å². The molecule has 0 aromatic heterocycles. The predicted octanol–water partition coefficient (Wildman–Crippen LogP) is 1.70. The topological polar surface area (TPSA) is 58.6 Å². The number of hydrogen-bond donors (Lipinski definition) is 1. The Labute approximate surface area is 175 Å². The van der Waals surface area contributed by atoms with Gasteiger partial charge >= 0.3 is 0 Å². The summed E-state index contributed by atoms with van der Waals surface area (Å²) in [6, 6.07) is 10.0. The highest BCUT2D eigenvalue weighted by Gasteiger charge is 2.19. The number of hydrogen-bond acceptors (Lipinski definition) is 5. The molecule has 2 fully saturated rings. The normalized spacial score (nSPS) is 20.8. The average Bonchev–Trinajstić information content (AvgIpc) is 3.28. The van der Waals surface area contributed by atoms with Gasteiger partial charge in [0.05, 0.1) is 13.2 Å². The highest BCUT2D eigenvalue weighted by Crippen LogP contribution is 2.12. The number of ether oxygens (including phenoxy) is 3. The van der Waals surface area contributed by atoms with Gasteiger partial charge in [0.1, 0.15) is 12.4 Å². The zero-order chi connectivity index (χ0) is 20.2. The number of guanidine groups is 1. The van der Waals surface area contributed by atoms with Crippen molar-refractivity contribution in [2.24, 2.45) is 10.9 Å². The van der Waals surface area contributed by atoms with Gasteiger partial charge in [0, 0.05) is 65.4 Å². The van der Waals surface area contributed by atoms with Gasteiger partial charge < -0.3 is 24.4 Å². The number of nitrogens with one attached hydrogen (secondary N) is 1. The number of benzene rings is 1. The third kappa shape index (κ3) is 7.84. The zero-order valence-electron chi connectivity index (χ0n) is 17.7. The third-order valence-electron chi connectivity index (χ3n) is 5.43. The van der Waals surface area contributed by atoms with Crippen molar-refractivity contribution < 1.29 is 14.2 Å². The van der Waals surface area contributed by atoms with Crippen LogP contribution in [0.5, 0.6) is 5.75 Å². The molecule has 3 rings (SSSR count). The second-order valence-corrected chi connectivity index (χ2v) is 7.62. The fraction of sp³-hybridized carbons (Fsp3) is 0.682. The molecule has 0 bridgehead atoms. The van der Waals surface area contributed by atoms with Gasteiger partial charge in [0.25, 0.3) is 0 Å². The monoisotopic (exact) mass is 404 g/mol. The van der Waals surface area contributed by atoms with Crippen LogP contribution in [0.1, 0.15) is 12.8 Å². The highest BCUT2D eigenvalue weighted by molar-refractivity contribution is 5.79. The summed E-state index contributed by atoms with van der Waals surface area (Å²) in [5.41, 5.74) is 0. The van der Waals surface area contributed by atoms with Gasteiger partial charge in [-0.15, -0.1) is 0 Å². The summed E-state index contributed by atoms with van der Waals surface area (Å²) >= 11 is 0. The molecule has 7 heteroatoms. The zero-order valence-corrected chi connectivity index (χ0v) is 17.7.